The normalized spacial score (nSPS) is 14.3. The molecule has 12 heteroatoms. The molecule has 0 atom stereocenters. The van der Waals surface area contributed by atoms with Crippen LogP contribution in [0.2, 0.25) is 0 Å². The highest BCUT2D eigenvalue weighted by molar-refractivity contribution is 7.90. The standard InChI is InChI=1S/C18H15FN6O3S2/c1-30(27,28)13-5-4-10(19)6-11(13)12-7-20-8-25(12)16-14-15(23-24-16)21-18(29-14)22-17(26)9-2-3-9/h4-9H,2-3H2,1H3,(H2,21,22,23,24,26). The molecule has 0 spiro atoms. The molecule has 9 nitrogen and oxygen atoms in total. The summed E-state index contributed by atoms with van der Waals surface area (Å²) in [5.41, 5.74) is 1.02. The highest BCUT2D eigenvalue weighted by Gasteiger charge is 2.30. The number of carbonyl (C=O) groups excluding carboxylic acids is 1. The molecule has 0 aliphatic heterocycles. The summed E-state index contributed by atoms with van der Waals surface area (Å²) in [5.74, 6) is -0.153. The van der Waals surface area contributed by atoms with Gasteiger partial charge in [0.2, 0.25) is 5.91 Å². The van der Waals surface area contributed by atoms with Crippen LogP contribution in [0.4, 0.5) is 9.52 Å². The van der Waals surface area contributed by atoms with E-state index in [4.69, 9.17) is 0 Å². The van der Waals surface area contributed by atoms with Crippen molar-refractivity contribution in [2.75, 3.05) is 11.6 Å². The zero-order valence-electron chi connectivity index (χ0n) is 15.6. The van der Waals surface area contributed by atoms with Gasteiger partial charge in [-0.05, 0) is 31.0 Å². The van der Waals surface area contributed by atoms with Crippen molar-refractivity contribution in [1.29, 1.82) is 0 Å². The maximum absolute atomic E-state index is 14.0. The first kappa shape index (κ1) is 18.9. The topological polar surface area (TPSA) is 123 Å². The number of H-pyrrole nitrogens is 1. The van der Waals surface area contributed by atoms with Crippen molar-refractivity contribution >= 4 is 42.6 Å². The quantitative estimate of drug-likeness (QED) is 0.455. The van der Waals surface area contributed by atoms with Crippen LogP contribution in [-0.2, 0) is 14.6 Å². The number of nitrogens with zero attached hydrogens (tertiary/aromatic N) is 4. The Labute approximate surface area is 173 Å². The number of hydrogen-bond donors (Lipinski definition) is 2. The van der Waals surface area contributed by atoms with Crippen LogP contribution >= 0.6 is 11.3 Å². The molecule has 1 saturated carbocycles. The van der Waals surface area contributed by atoms with E-state index in [-0.39, 0.29) is 22.3 Å². The molecule has 3 aromatic heterocycles. The molecule has 3 heterocycles. The monoisotopic (exact) mass is 446 g/mol. The van der Waals surface area contributed by atoms with Gasteiger partial charge in [0.25, 0.3) is 0 Å². The fourth-order valence-electron chi connectivity index (χ4n) is 3.16. The SMILES string of the molecule is CS(=O)(=O)c1ccc(F)cc1-c1cncn1-c1n[nH]c2nc(NC(=O)C3CC3)sc12. The lowest BCUT2D eigenvalue weighted by Gasteiger charge is -2.10. The summed E-state index contributed by atoms with van der Waals surface area (Å²) in [7, 11) is -3.61. The lowest BCUT2D eigenvalue weighted by Crippen LogP contribution is -2.12. The second-order valence-electron chi connectivity index (χ2n) is 7.07. The highest BCUT2D eigenvalue weighted by atomic mass is 32.2. The number of aromatic nitrogens is 5. The van der Waals surface area contributed by atoms with E-state index in [0.717, 1.165) is 31.2 Å². The van der Waals surface area contributed by atoms with Gasteiger partial charge in [-0.3, -0.25) is 14.5 Å². The average molecular weight is 446 g/mol. The van der Waals surface area contributed by atoms with Gasteiger partial charge in [0.05, 0.1) is 16.8 Å². The lowest BCUT2D eigenvalue weighted by atomic mass is 10.1. The number of sulfone groups is 1. The first-order chi connectivity index (χ1) is 14.3. The van der Waals surface area contributed by atoms with Gasteiger partial charge in [-0.2, -0.15) is 5.10 Å². The summed E-state index contributed by atoms with van der Waals surface area (Å²) < 4.78 is 40.6. The number of amides is 1. The van der Waals surface area contributed by atoms with E-state index in [9.17, 15) is 17.6 Å². The number of halogens is 1. The van der Waals surface area contributed by atoms with Crippen LogP contribution < -0.4 is 5.32 Å². The van der Waals surface area contributed by atoms with E-state index in [1.54, 1.807) is 4.57 Å². The van der Waals surface area contributed by atoms with Crippen molar-refractivity contribution in [2.45, 2.75) is 17.7 Å². The van der Waals surface area contributed by atoms with Crippen LogP contribution in [-0.4, -0.2) is 45.3 Å². The second-order valence-corrected chi connectivity index (χ2v) is 10.1. The summed E-state index contributed by atoms with van der Waals surface area (Å²) in [6.45, 7) is 0. The summed E-state index contributed by atoms with van der Waals surface area (Å²) in [6.07, 6.45) is 5.74. The van der Waals surface area contributed by atoms with E-state index in [0.29, 0.717) is 27.0 Å². The number of hydrogen-bond acceptors (Lipinski definition) is 7. The third-order valence-electron chi connectivity index (χ3n) is 4.76. The molecule has 0 unspecified atom stereocenters. The first-order valence-electron chi connectivity index (χ1n) is 9.00. The molecule has 0 radical (unpaired) electrons. The molecule has 1 amide bonds. The Balaban J connectivity index is 1.60. The minimum absolute atomic E-state index is 0.0147. The van der Waals surface area contributed by atoms with Gasteiger partial charge in [0.15, 0.2) is 26.4 Å². The zero-order chi connectivity index (χ0) is 21.0. The number of thiazole rings is 1. The molecular formula is C18H15FN6O3S2. The number of fused-ring (bicyclic) bond motifs is 1. The fraction of sp³-hybridized carbons (Fsp3) is 0.222. The molecule has 0 bridgehead atoms. The minimum atomic E-state index is -3.61. The Kier molecular flexibility index (Phi) is 4.22. The third kappa shape index (κ3) is 3.27. The molecule has 1 aliphatic carbocycles. The Bertz CT molecular complexity index is 1400. The molecule has 1 aliphatic rings. The van der Waals surface area contributed by atoms with Gasteiger partial charge < -0.3 is 5.32 Å². The Morgan fingerprint density at radius 2 is 2.17 bits per heavy atom. The van der Waals surface area contributed by atoms with Gasteiger partial charge in [-0.1, -0.05) is 11.3 Å². The molecule has 4 aromatic rings. The molecule has 5 rings (SSSR count). The number of imidazole rings is 1. The van der Waals surface area contributed by atoms with E-state index in [1.165, 1.54) is 29.9 Å². The van der Waals surface area contributed by atoms with Crippen LogP contribution in [0, 0.1) is 11.7 Å². The zero-order valence-corrected chi connectivity index (χ0v) is 17.2. The van der Waals surface area contributed by atoms with Crippen molar-refractivity contribution in [3.05, 3.63) is 36.5 Å². The molecule has 1 aromatic carbocycles. The lowest BCUT2D eigenvalue weighted by molar-refractivity contribution is -0.117. The van der Waals surface area contributed by atoms with Gasteiger partial charge in [0, 0.05) is 17.7 Å². The summed E-state index contributed by atoms with van der Waals surface area (Å²) >= 11 is 1.24. The Morgan fingerprint density at radius 1 is 1.37 bits per heavy atom. The van der Waals surface area contributed by atoms with Crippen LogP contribution in [0.15, 0.2) is 35.6 Å². The molecular weight excluding hydrogens is 431 g/mol. The number of anilines is 1. The number of rotatable bonds is 5. The number of benzene rings is 1. The van der Waals surface area contributed by atoms with E-state index in [2.05, 4.69) is 25.5 Å². The van der Waals surface area contributed by atoms with E-state index >= 15 is 0 Å². The van der Waals surface area contributed by atoms with Crippen LogP contribution in [0.25, 0.3) is 27.4 Å². The number of carbonyl (C=O) groups is 1. The average Bonchev–Trinajstić information content (AvgIpc) is 3.11. The van der Waals surface area contributed by atoms with Crippen molar-refractivity contribution in [1.82, 2.24) is 24.7 Å². The largest absolute Gasteiger partial charge is 0.302 e. The van der Waals surface area contributed by atoms with Gasteiger partial charge in [0.1, 0.15) is 16.8 Å². The minimum Gasteiger partial charge on any atom is -0.302 e. The molecule has 1 fully saturated rings. The van der Waals surface area contributed by atoms with E-state index < -0.39 is 15.7 Å². The molecule has 154 valence electrons. The van der Waals surface area contributed by atoms with Crippen molar-refractivity contribution in [2.24, 2.45) is 5.92 Å². The maximum Gasteiger partial charge on any atom is 0.229 e. The van der Waals surface area contributed by atoms with Gasteiger partial charge in [-0.15, -0.1) is 0 Å². The second kappa shape index (κ2) is 6.71. The van der Waals surface area contributed by atoms with Crippen LogP contribution in [0.1, 0.15) is 12.8 Å². The summed E-state index contributed by atoms with van der Waals surface area (Å²) in [4.78, 5) is 20.4. The molecule has 0 saturated heterocycles. The van der Waals surface area contributed by atoms with Crippen LogP contribution in [0.3, 0.4) is 0 Å². The predicted octanol–water partition coefficient (Wildman–Crippen LogP) is 2.76. The molecule has 2 N–H and O–H groups in total. The van der Waals surface area contributed by atoms with E-state index in [1.807, 2.05) is 0 Å². The van der Waals surface area contributed by atoms with Crippen molar-refractivity contribution in [3.63, 3.8) is 0 Å². The first-order valence-corrected chi connectivity index (χ1v) is 11.7. The smallest absolute Gasteiger partial charge is 0.229 e. The van der Waals surface area contributed by atoms with Gasteiger partial charge >= 0.3 is 0 Å². The summed E-state index contributed by atoms with van der Waals surface area (Å²) in [5, 5.41) is 10.3. The predicted molar refractivity (Wildman–Crippen MR) is 109 cm³/mol. The number of nitrogens with one attached hydrogen (secondary N) is 2. The Morgan fingerprint density at radius 3 is 2.90 bits per heavy atom. The maximum atomic E-state index is 14.0. The van der Waals surface area contributed by atoms with Crippen molar-refractivity contribution < 1.29 is 17.6 Å². The fourth-order valence-corrected chi connectivity index (χ4v) is 4.95. The molecule has 30 heavy (non-hydrogen) atoms. The highest BCUT2D eigenvalue weighted by Crippen LogP contribution is 2.35. The summed E-state index contributed by atoms with van der Waals surface area (Å²) in [6, 6.07) is 3.49. The Hall–Kier alpha value is -3.12. The van der Waals surface area contributed by atoms with Crippen molar-refractivity contribution in [3.8, 4) is 17.1 Å². The van der Waals surface area contributed by atoms with Gasteiger partial charge in [-0.25, -0.2) is 22.8 Å². The van der Waals surface area contributed by atoms with Crippen LogP contribution in [0.5, 0.6) is 0 Å². The third-order valence-corrected chi connectivity index (χ3v) is 6.88. The number of aromatic amines is 1.